The van der Waals surface area contributed by atoms with Gasteiger partial charge in [-0.05, 0) is 26.0 Å². The Bertz CT molecular complexity index is 718. The van der Waals surface area contributed by atoms with Gasteiger partial charge >= 0.3 is 0 Å². The lowest BCUT2D eigenvalue weighted by atomic mass is 10.2. The third-order valence-electron chi connectivity index (χ3n) is 2.94. The van der Waals surface area contributed by atoms with Crippen molar-refractivity contribution in [1.82, 2.24) is 9.71 Å². The van der Waals surface area contributed by atoms with Crippen LogP contribution < -0.4 is 10.5 Å². The molecule has 1 aromatic heterocycles. The van der Waals surface area contributed by atoms with Gasteiger partial charge in [-0.3, -0.25) is 0 Å². The fourth-order valence-corrected chi connectivity index (χ4v) is 3.42. The lowest BCUT2D eigenvalue weighted by molar-refractivity contribution is 0.577. The molecular formula is C12H14FN3O2S2. The Kier molecular flexibility index (Phi) is 4.07. The van der Waals surface area contributed by atoms with Crippen molar-refractivity contribution in [2.75, 3.05) is 5.73 Å². The first-order valence-corrected chi connectivity index (χ1v) is 8.12. The highest BCUT2D eigenvalue weighted by Gasteiger charge is 2.18. The first-order valence-electron chi connectivity index (χ1n) is 5.75. The maximum absolute atomic E-state index is 13.6. The fourth-order valence-electron chi connectivity index (χ4n) is 1.57. The molecule has 0 aliphatic rings. The van der Waals surface area contributed by atoms with E-state index in [1.165, 1.54) is 24.3 Å². The molecule has 0 saturated heterocycles. The number of aryl methyl sites for hydroxylation is 1. The number of nitrogen functional groups attached to an aromatic ring is 1. The summed E-state index contributed by atoms with van der Waals surface area (Å²) in [5.74, 6) is -0.639. The summed E-state index contributed by atoms with van der Waals surface area (Å²) >= 11 is 1.36. The van der Waals surface area contributed by atoms with Crippen molar-refractivity contribution in [3.8, 4) is 0 Å². The number of hydrogen-bond donors (Lipinski definition) is 2. The summed E-state index contributed by atoms with van der Waals surface area (Å²) in [5.41, 5.74) is 8.35. The molecule has 0 spiro atoms. The van der Waals surface area contributed by atoms with E-state index >= 15 is 0 Å². The number of nitrogens with one attached hydrogen (secondary N) is 1. The maximum atomic E-state index is 13.6. The normalized spacial score (nSPS) is 11.8. The van der Waals surface area contributed by atoms with Crippen molar-refractivity contribution in [3.05, 3.63) is 39.6 Å². The van der Waals surface area contributed by atoms with Crippen LogP contribution in [-0.2, 0) is 16.6 Å². The molecule has 0 saturated carbocycles. The van der Waals surface area contributed by atoms with Gasteiger partial charge in [-0.2, -0.15) is 0 Å². The highest BCUT2D eigenvalue weighted by Crippen LogP contribution is 2.21. The molecule has 3 N–H and O–H groups in total. The SMILES string of the molecule is Cc1ncsc1CNS(=O)(=O)c1cc(N)c(C)c(F)c1. The summed E-state index contributed by atoms with van der Waals surface area (Å²) in [4.78, 5) is 4.67. The number of sulfonamides is 1. The molecule has 0 amide bonds. The van der Waals surface area contributed by atoms with E-state index < -0.39 is 15.8 Å². The quantitative estimate of drug-likeness (QED) is 0.845. The summed E-state index contributed by atoms with van der Waals surface area (Å²) in [7, 11) is -3.81. The van der Waals surface area contributed by atoms with Gasteiger partial charge in [-0.25, -0.2) is 22.5 Å². The predicted molar refractivity (Wildman–Crippen MR) is 76.4 cm³/mol. The Balaban J connectivity index is 2.25. The zero-order valence-electron chi connectivity index (χ0n) is 11.0. The lowest BCUT2D eigenvalue weighted by Crippen LogP contribution is -2.23. The van der Waals surface area contributed by atoms with Crippen LogP contribution in [0.5, 0.6) is 0 Å². The third-order valence-corrected chi connectivity index (χ3v) is 5.25. The van der Waals surface area contributed by atoms with Gasteiger partial charge in [0.15, 0.2) is 0 Å². The van der Waals surface area contributed by atoms with Gasteiger partial charge in [0.1, 0.15) is 5.82 Å². The fraction of sp³-hybridized carbons (Fsp3) is 0.250. The summed E-state index contributed by atoms with van der Waals surface area (Å²) < 4.78 is 40.2. The van der Waals surface area contributed by atoms with Crippen molar-refractivity contribution in [2.45, 2.75) is 25.3 Å². The summed E-state index contributed by atoms with van der Waals surface area (Å²) in [5, 5.41) is 0. The molecule has 0 bridgehead atoms. The number of rotatable bonds is 4. The average molecular weight is 315 g/mol. The first kappa shape index (κ1) is 14.9. The number of halogens is 1. The smallest absolute Gasteiger partial charge is 0.241 e. The second-order valence-corrected chi connectivity index (χ2v) is 7.01. The Hall–Kier alpha value is -1.51. The molecule has 0 fully saturated rings. The Morgan fingerprint density at radius 2 is 2.10 bits per heavy atom. The van der Waals surface area contributed by atoms with Gasteiger partial charge in [-0.15, -0.1) is 11.3 Å². The van der Waals surface area contributed by atoms with Crippen molar-refractivity contribution < 1.29 is 12.8 Å². The van der Waals surface area contributed by atoms with E-state index in [1.54, 1.807) is 12.4 Å². The van der Waals surface area contributed by atoms with Crippen molar-refractivity contribution in [1.29, 1.82) is 0 Å². The number of hydrogen-bond acceptors (Lipinski definition) is 5. The molecule has 0 unspecified atom stereocenters. The zero-order valence-corrected chi connectivity index (χ0v) is 12.6. The van der Waals surface area contributed by atoms with Gasteiger partial charge in [-0.1, -0.05) is 0 Å². The Morgan fingerprint density at radius 1 is 1.40 bits per heavy atom. The molecule has 108 valence electrons. The van der Waals surface area contributed by atoms with E-state index in [2.05, 4.69) is 9.71 Å². The predicted octanol–water partition coefficient (Wildman–Crippen LogP) is 1.96. The first-order chi connectivity index (χ1) is 9.31. The lowest BCUT2D eigenvalue weighted by Gasteiger charge is -2.09. The van der Waals surface area contributed by atoms with E-state index in [0.717, 1.165) is 16.6 Å². The Morgan fingerprint density at radius 3 is 2.65 bits per heavy atom. The van der Waals surface area contributed by atoms with Crippen LogP contribution >= 0.6 is 11.3 Å². The van der Waals surface area contributed by atoms with Crippen LogP contribution in [0, 0.1) is 19.7 Å². The van der Waals surface area contributed by atoms with E-state index in [0.29, 0.717) is 0 Å². The number of nitrogens with two attached hydrogens (primary N) is 1. The topological polar surface area (TPSA) is 85.1 Å². The molecule has 0 aliphatic carbocycles. The molecular weight excluding hydrogens is 301 g/mol. The highest BCUT2D eigenvalue weighted by molar-refractivity contribution is 7.89. The number of aromatic nitrogens is 1. The number of thiazole rings is 1. The largest absolute Gasteiger partial charge is 0.398 e. The van der Waals surface area contributed by atoms with Crippen LogP contribution in [0.15, 0.2) is 22.5 Å². The van der Waals surface area contributed by atoms with Crippen LogP contribution in [0.1, 0.15) is 16.1 Å². The van der Waals surface area contributed by atoms with Gasteiger partial charge < -0.3 is 5.73 Å². The monoisotopic (exact) mass is 315 g/mol. The van der Waals surface area contributed by atoms with Crippen LogP contribution in [-0.4, -0.2) is 13.4 Å². The van der Waals surface area contributed by atoms with Crippen LogP contribution in [0.4, 0.5) is 10.1 Å². The van der Waals surface area contributed by atoms with E-state index in [9.17, 15) is 12.8 Å². The molecule has 1 aromatic carbocycles. The van der Waals surface area contributed by atoms with Crippen LogP contribution in [0.2, 0.25) is 0 Å². The molecule has 1 heterocycles. The second kappa shape index (κ2) is 5.47. The minimum absolute atomic E-state index is 0.111. The van der Waals surface area contributed by atoms with E-state index in [4.69, 9.17) is 5.73 Å². The van der Waals surface area contributed by atoms with Crippen molar-refractivity contribution >= 4 is 27.0 Å². The summed E-state index contributed by atoms with van der Waals surface area (Å²) in [6, 6.07) is 2.22. The van der Waals surface area contributed by atoms with E-state index in [1.807, 2.05) is 0 Å². The van der Waals surface area contributed by atoms with Crippen molar-refractivity contribution in [3.63, 3.8) is 0 Å². The zero-order chi connectivity index (χ0) is 14.9. The van der Waals surface area contributed by atoms with Gasteiger partial charge in [0.2, 0.25) is 10.0 Å². The second-order valence-electron chi connectivity index (χ2n) is 4.30. The highest BCUT2D eigenvalue weighted by atomic mass is 32.2. The molecule has 2 aromatic rings. The maximum Gasteiger partial charge on any atom is 0.241 e. The molecule has 2 rings (SSSR count). The van der Waals surface area contributed by atoms with Gasteiger partial charge in [0, 0.05) is 22.7 Å². The van der Waals surface area contributed by atoms with Crippen LogP contribution in [0.3, 0.4) is 0 Å². The molecule has 0 radical (unpaired) electrons. The van der Waals surface area contributed by atoms with Gasteiger partial charge in [0.05, 0.1) is 16.1 Å². The average Bonchev–Trinajstić information content (AvgIpc) is 2.78. The van der Waals surface area contributed by atoms with Crippen molar-refractivity contribution in [2.24, 2.45) is 0 Å². The van der Waals surface area contributed by atoms with Gasteiger partial charge in [0.25, 0.3) is 0 Å². The number of anilines is 1. The number of nitrogens with zero attached hydrogens (tertiary/aromatic N) is 1. The molecule has 20 heavy (non-hydrogen) atoms. The molecule has 8 heteroatoms. The number of benzene rings is 1. The molecule has 5 nitrogen and oxygen atoms in total. The minimum Gasteiger partial charge on any atom is -0.398 e. The summed E-state index contributed by atoms with van der Waals surface area (Å²) in [6.45, 7) is 3.41. The van der Waals surface area contributed by atoms with E-state index in [-0.39, 0.29) is 22.7 Å². The Labute approximate surface area is 120 Å². The molecule has 0 atom stereocenters. The minimum atomic E-state index is -3.81. The third kappa shape index (κ3) is 2.97. The van der Waals surface area contributed by atoms with Crippen LogP contribution in [0.25, 0.3) is 0 Å². The summed E-state index contributed by atoms with van der Waals surface area (Å²) in [6.07, 6.45) is 0. The molecule has 0 aliphatic heterocycles. The standard InChI is InChI=1S/C12H14FN3O2S2/c1-7-10(13)3-9(4-11(7)14)20(17,18)16-5-12-8(2)15-6-19-12/h3-4,6,16H,5,14H2,1-2H3.